The molecule has 0 fully saturated rings. The zero-order valence-electron chi connectivity index (χ0n) is 58.4. The molecule has 0 bridgehead atoms. The molecule has 7 aromatic rings. The van der Waals surface area contributed by atoms with Gasteiger partial charge in [-0.1, -0.05) is 89.5 Å². The number of sulfonamides is 2. The van der Waals surface area contributed by atoms with E-state index in [0.717, 1.165) is 0 Å². The lowest BCUT2D eigenvalue weighted by Crippen LogP contribution is -2.54. The van der Waals surface area contributed by atoms with Gasteiger partial charge in [0.15, 0.2) is 28.3 Å². The minimum Gasteiger partial charge on any atom is -0.382 e. The van der Waals surface area contributed by atoms with Crippen molar-refractivity contribution in [2.45, 2.75) is 236 Å². The molecule has 0 saturated carbocycles. The van der Waals surface area contributed by atoms with Gasteiger partial charge in [0, 0.05) is 76.7 Å². The van der Waals surface area contributed by atoms with Gasteiger partial charge >= 0.3 is 11.6 Å². The largest absolute Gasteiger partial charge is 0.389 e. The number of rotatable bonds is 15. The average molecular weight is 1520 g/mol. The molecule has 0 radical (unpaired) electrons. The summed E-state index contributed by atoms with van der Waals surface area (Å²) in [6, 6.07) is 11.7. The average Bonchev–Trinajstić information content (AvgIpc) is 1.32. The molecule has 94 heavy (non-hydrogen) atoms. The highest BCUT2D eigenvalue weighted by Crippen LogP contribution is 2.38. The van der Waals surface area contributed by atoms with E-state index in [1.54, 1.807) is 67.9 Å². The third-order valence-electron chi connectivity index (χ3n) is 13.2. The number of nitrogen functional groups attached to an aromatic ring is 1. The third kappa shape index (κ3) is 31.2. The van der Waals surface area contributed by atoms with Gasteiger partial charge in [0.25, 0.3) is 29.1 Å². The van der Waals surface area contributed by atoms with Crippen molar-refractivity contribution in [3.05, 3.63) is 106 Å². The molecule has 0 aromatic carbocycles. The summed E-state index contributed by atoms with van der Waals surface area (Å²) in [7, 11) is -12.9. The Hall–Kier alpha value is -6.05. The zero-order chi connectivity index (χ0) is 73.7. The molecule has 1 unspecified atom stereocenters. The van der Waals surface area contributed by atoms with Gasteiger partial charge in [0.05, 0.1) is 35.7 Å². The summed E-state index contributed by atoms with van der Waals surface area (Å²) in [4.78, 5) is 19.6. The van der Waals surface area contributed by atoms with E-state index in [9.17, 15) is 49.7 Å². The molecular weight excluding hydrogens is 1420 g/mol. The van der Waals surface area contributed by atoms with E-state index >= 15 is 0 Å². The fourth-order valence-corrected chi connectivity index (χ4v) is 16.3. The molecule has 1 atom stereocenters. The normalized spacial score (nSPS) is 12.7. The maximum atomic E-state index is 12.7. The monoisotopic (exact) mass is 1520 g/mol. The van der Waals surface area contributed by atoms with Crippen molar-refractivity contribution in [1.29, 1.82) is 0 Å². The highest BCUT2D eigenvalue weighted by Gasteiger charge is 2.40. The van der Waals surface area contributed by atoms with Crippen molar-refractivity contribution in [3.63, 3.8) is 0 Å². The number of aromatic nitrogens is 14. The van der Waals surface area contributed by atoms with Gasteiger partial charge in [-0.3, -0.25) is 27.4 Å². The van der Waals surface area contributed by atoms with Crippen LogP contribution in [0, 0.1) is 20.2 Å². The Bertz CT molecular complexity index is 3830. The second-order valence-corrected chi connectivity index (χ2v) is 45.6. The predicted octanol–water partition coefficient (Wildman–Crippen LogP) is 11.9. The van der Waals surface area contributed by atoms with E-state index in [0.29, 0.717) is 21.7 Å². The van der Waals surface area contributed by atoms with Crippen LogP contribution < -0.4 is 20.4 Å². The van der Waals surface area contributed by atoms with E-state index in [1.165, 1.54) is 35.1 Å². The van der Waals surface area contributed by atoms with Crippen molar-refractivity contribution in [3.8, 4) is 0 Å². The second kappa shape index (κ2) is 36.9. The Labute approximate surface area is 570 Å². The first-order valence-corrected chi connectivity index (χ1v) is 43.2. The van der Waals surface area contributed by atoms with Crippen LogP contribution in [0.2, 0.25) is 36.3 Å². The van der Waals surface area contributed by atoms with Gasteiger partial charge < -0.3 is 26.0 Å². The number of nitro groups is 2. The van der Waals surface area contributed by atoms with E-state index in [-0.39, 0.29) is 67.0 Å². The number of H-pyrrole nitrogens is 1. The van der Waals surface area contributed by atoms with Crippen LogP contribution in [0.15, 0.2) is 110 Å². The smallest absolute Gasteiger partial charge is 0.382 e. The van der Waals surface area contributed by atoms with Crippen LogP contribution in [0.5, 0.6) is 0 Å². The standard InChI is InChI=1S/C12H26N4OSSi.C12H25N3O2SSi.C6H9ClN2O2S.C6H11N3O2S.C6H9N3O2.C6H11N3.C3H7Br.C3H3N3O2/c1-10(2)16-9-8-11(14-16)18(13,17)15-19(6,7)12(3,4)5;1-10(2)15-9-8-11(13-15)18(16,17)14-19(6,7)12(3,4)5;2*1-5(2)9-4-3-6(8-9)12(7,10)11;1-5(2)8-4-3-6(7-8)9(10)11;1-5(2)9-4-3-6(7)8-9;1-3(2)4;7-6(8)3-1-2-4-5-3/h8-10H,1-7H3,(H2,13,15,17);8-10,14H,1-7H3;3-5H,1-2H3;3-5H,1-2H3,(H2,7,10,11);3-5H,1-2H3;3-5H,1-2H3,(H2,7,8);3H,1-2H3;1-2H,(H,4,5). The van der Waals surface area contributed by atoms with E-state index < -0.39 is 65.3 Å². The Balaban J connectivity index is 0.00000108. The first kappa shape index (κ1) is 88.0. The Morgan fingerprint density at radius 1 is 0.543 bits per heavy atom. The summed E-state index contributed by atoms with van der Waals surface area (Å²) >= 11 is 3.27. The number of anilines is 1. The molecular formula is C54H101BrClN21O11S4Si2. The highest BCUT2D eigenvalue weighted by molar-refractivity contribution is 9.09. The predicted molar refractivity (Wildman–Crippen MR) is 378 cm³/mol. The third-order valence-corrected chi connectivity index (χ3v) is 30.2. The van der Waals surface area contributed by atoms with Crippen LogP contribution in [-0.2, 0) is 39.0 Å². The van der Waals surface area contributed by atoms with Gasteiger partial charge in [0.1, 0.15) is 24.0 Å². The molecule has 7 rings (SSSR count). The fraction of sp³-hybridized carbons (Fsp3) is 0.611. The van der Waals surface area contributed by atoms with Crippen molar-refractivity contribution >= 4 is 99.5 Å². The van der Waals surface area contributed by atoms with Crippen molar-refractivity contribution < 1.29 is 39.3 Å². The molecule has 32 nitrogen and oxygen atoms in total. The van der Waals surface area contributed by atoms with Crippen LogP contribution in [0.3, 0.4) is 0 Å². The first-order chi connectivity index (χ1) is 42.4. The van der Waals surface area contributed by atoms with Crippen molar-refractivity contribution in [1.82, 2.24) is 73.3 Å². The quantitative estimate of drug-likeness (QED) is 0.0209. The summed E-state index contributed by atoms with van der Waals surface area (Å²) in [5, 5.41) is 60.3. The van der Waals surface area contributed by atoms with Crippen LogP contribution in [0.1, 0.15) is 175 Å². The summed E-state index contributed by atoms with van der Waals surface area (Å²) in [6.45, 7) is 48.4. The number of nitrogens with two attached hydrogens (primary N) is 3. The number of nitrogens with zero attached hydrogens (tertiary/aromatic N) is 16. The van der Waals surface area contributed by atoms with Gasteiger partial charge in [-0.15, -0.1) is 5.10 Å². The Morgan fingerprint density at radius 3 is 1.14 bits per heavy atom. The molecule has 0 amide bonds. The summed E-state index contributed by atoms with van der Waals surface area (Å²) in [5.41, 5.74) is 5.38. The Kier molecular flexibility index (Phi) is 34.5. The van der Waals surface area contributed by atoms with E-state index in [1.807, 2.05) is 93.2 Å². The van der Waals surface area contributed by atoms with Crippen LogP contribution in [0.4, 0.5) is 17.5 Å². The molecule has 0 aliphatic rings. The lowest BCUT2D eigenvalue weighted by Gasteiger charge is -2.36. The van der Waals surface area contributed by atoms with Crippen LogP contribution in [0.25, 0.3) is 0 Å². The second-order valence-electron chi connectivity index (χ2n) is 25.9. The van der Waals surface area contributed by atoms with Crippen molar-refractivity contribution in [2.24, 2.45) is 14.3 Å². The van der Waals surface area contributed by atoms with Gasteiger partial charge in [0.2, 0.25) is 0 Å². The molecule has 0 aliphatic carbocycles. The number of hydrogen-bond acceptors (Lipinski definition) is 20. The Morgan fingerprint density at radius 2 is 0.883 bits per heavy atom. The molecule has 8 N–H and O–H groups in total. The zero-order valence-corrected chi connectivity index (χ0v) is 66.0. The maximum Gasteiger partial charge on any atom is 0.389 e. The molecule has 0 spiro atoms. The SMILES string of the molecule is CC(C)Br.CC(C)n1ccc(N)n1.CC(C)n1ccc(S(=O)(=O)Cl)n1.CC(C)n1ccc(S(=O)(=O)N[Si](C)(C)C(C)(C)C)n1.CC(C)n1ccc(S(N)(=O)=N[Si](C)(C)C(C)(C)C)n1.CC(C)n1ccc(S(N)(=O)=O)n1.CC(C)n1ccc([N+](=O)[O-])n1.O=[N+]([O-])c1ccn[nH]1. The van der Waals surface area contributed by atoms with Gasteiger partial charge in [-0.25, -0.2) is 44.1 Å². The summed E-state index contributed by atoms with van der Waals surface area (Å²) in [6.07, 6.45) is 11.5. The molecule has 40 heteroatoms. The molecule has 7 aromatic heterocycles. The molecule has 7 heterocycles. The van der Waals surface area contributed by atoms with E-state index in [2.05, 4.69) is 147 Å². The first-order valence-electron chi connectivity index (χ1n) is 29.5. The highest BCUT2D eigenvalue weighted by atomic mass is 79.9. The number of aromatic amines is 1. The summed E-state index contributed by atoms with van der Waals surface area (Å²) < 4.78 is 97.7. The minimum absolute atomic E-state index is 0.00957. The van der Waals surface area contributed by atoms with E-state index in [4.69, 9.17) is 26.7 Å². The number of hydrogen-bond donors (Lipinski definition) is 5. The van der Waals surface area contributed by atoms with Crippen LogP contribution in [-0.4, -0.2) is 129 Å². The lowest BCUT2D eigenvalue weighted by atomic mass is 10.2. The fourth-order valence-electron chi connectivity index (χ4n) is 5.78. The van der Waals surface area contributed by atoms with Crippen molar-refractivity contribution in [2.75, 3.05) is 5.73 Å². The molecule has 0 aliphatic heterocycles. The molecule has 534 valence electrons. The van der Waals surface area contributed by atoms with Crippen LogP contribution >= 0.6 is 26.6 Å². The maximum absolute atomic E-state index is 12.7. The number of nitrogens with one attached hydrogen (secondary N) is 2. The number of primary sulfonamides is 1. The summed E-state index contributed by atoms with van der Waals surface area (Å²) in [5.74, 6) is 0.410. The topological polar surface area (TPSA) is 444 Å². The van der Waals surface area contributed by atoms with Gasteiger partial charge in [-0.2, -0.15) is 30.2 Å². The number of halogens is 2. The van der Waals surface area contributed by atoms with Gasteiger partial charge in [-0.05, 0) is 146 Å². The number of alkyl halides is 1. The molecule has 0 saturated heterocycles. The minimum atomic E-state index is -3.68. The lowest BCUT2D eigenvalue weighted by molar-refractivity contribution is -0.389.